The fraction of sp³-hybridized carbons (Fsp3) is 0.417. The summed E-state index contributed by atoms with van der Waals surface area (Å²) in [6.07, 6.45) is 1.28. The number of carbonyl (C=O) groups excluding carboxylic acids is 2. The molecule has 3 rings (SSSR count). The Morgan fingerprint density at radius 2 is 1.39 bits per heavy atom. The molecule has 0 N–H and O–H groups in total. The zero-order valence-electron chi connectivity index (χ0n) is 17.1. The highest BCUT2D eigenvalue weighted by atomic mass is 16.2. The van der Waals surface area contributed by atoms with Crippen molar-refractivity contribution in [3.05, 3.63) is 71.3 Å². The molecule has 1 aliphatic heterocycles. The molecular weight excluding hydrogens is 348 g/mol. The molecule has 2 aromatic carbocycles. The van der Waals surface area contributed by atoms with Crippen molar-refractivity contribution in [3.8, 4) is 0 Å². The molecule has 0 aromatic heterocycles. The monoisotopic (exact) mass is 378 g/mol. The van der Waals surface area contributed by atoms with Crippen LogP contribution in [0.25, 0.3) is 0 Å². The minimum absolute atomic E-state index is 0.0526. The van der Waals surface area contributed by atoms with E-state index >= 15 is 0 Å². The lowest BCUT2D eigenvalue weighted by Gasteiger charge is -2.35. The molecule has 0 spiro atoms. The van der Waals surface area contributed by atoms with Crippen LogP contribution in [-0.2, 0) is 16.6 Å². The summed E-state index contributed by atoms with van der Waals surface area (Å²) in [7, 11) is 0. The molecule has 28 heavy (non-hydrogen) atoms. The Morgan fingerprint density at radius 3 is 1.96 bits per heavy atom. The van der Waals surface area contributed by atoms with Crippen molar-refractivity contribution >= 4 is 11.8 Å². The molecule has 0 bridgehead atoms. The molecule has 4 nitrogen and oxygen atoms in total. The predicted molar refractivity (Wildman–Crippen MR) is 112 cm³/mol. The standard InChI is InChI=1S/C24H30N2O2/c1-24(2,3)21-12-10-20(11-13-21)23(28)26-17-15-25(16-18-26)22(27)14-9-19-7-5-4-6-8-19/h4-8,10-13H,9,14-18H2,1-3H3. The van der Waals surface area contributed by atoms with Crippen molar-refractivity contribution in [1.82, 2.24) is 9.80 Å². The van der Waals surface area contributed by atoms with Crippen LogP contribution in [0.15, 0.2) is 54.6 Å². The minimum Gasteiger partial charge on any atom is -0.339 e. The van der Waals surface area contributed by atoms with Crippen LogP contribution in [0.5, 0.6) is 0 Å². The van der Waals surface area contributed by atoms with Gasteiger partial charge in [-0.25, -0.2) is 0 Å². The first-order valence-corrected chi connectivity index (χ1v) is 10.1. The SMILES string of the molecule is CC(C)(C)c1ccc(C(=O)N2CCN(C(=O)CCc3ccccc3)CC2)cc1. The van der Waals surface area contributed by atoms with Gasteiger partial charge in [0.1, 0.15) is 0 Å². The molecule has 0 aliphatic carbocycles. The lowest BCUT2D eigenvalue weighted by atomic mass is 9.86. The van der Waals surface area contributed by atoms with Gasteiger partial charge < -0.3 is 9.80 Å². The smallest absolute Gasteiger partial charge is 0.253 e. The first kappa shape index (κ1) is 20.1. The first-order chi connectivity index (χ1) is 13.3. The van der Waals surface area contributed by atoms with Gasteiger partial charge in [0.05, 0.1) is 0 Å². The molecule has 0 radical (unpaired) electrons. The molecule has 1 aliphatic rings. The summed E-state index contributed by atoms with van der Waals surface area (Å²) >= 11 is 0. The number of piperazine rings is 1. The molecule has 2 amide bonds. The third-order valence-electron chi connectivity index (χ3n) is 5.39. The van der Waals surface area contributed by atoms with Crippen molar-refractivity contribution in [2.24, 2.45) is 0 Å². The van der Waals surface area contributed by atoms with E-state index < -0.39 is 0 Å². The van der Waals surface area contributed by atoms with Crippen LogP contribution in [-0.4, -0.2) is 47.8 Å². The highest BCUT2D eigenvalue weighted by Crippen LogP contribution is 2.22. The second-order valence-corrected chi connectivity index (χ2v) is 8.49. The van der Waals surface area contributed by atoms with Crippen LogP contribution in [0.2, 0.25) is 0 Å². The van der Waals surface area contributed by atoms with Crippen molar-refractivity contribution < 1.29 is 9.59 Å². The van der Waals surface area contributed by atoms with Gasteiger partial charge >= 0.3 is 0 Å². The Labute approximate surface area is 168 Å². The number of benzene rings is 2. The fourth-order valence-electron chi connectivity index (χ4n) is 3.51. The number of hydrogen-bond acceptors (Lipinski definition) is 2. The molecule has 0 saturated carbocycles. The Balaban J connectivity index is 1.50. The predicted octanol–water partition coefficient (Wildman–Crippen LogP) is 3.90. The summed E-state index contributed by atoms with van der Waals surface area (Å²) in [4.78, 5) is 29.0. The van der Waals surface area contributed by atoms with Gasteiger partial charge in [0.2, 0.25) is 5.91 Å². The van der Waals surface area contributed by atoms with Crippen molar-refractivity contribution in [2.45, 2.75) is 39.0 Å². The quantitative estimate of drug-likeness (QED) is 0.810. The van der Waals surface area contributed by atoms with Crippen LogP contribution in [0.3, 0.4) is 0 Å². The Kier molecular flexibility index (Phi) is 6.18. The summed E-state index contributed by atoms with van der Waals surface area (Å²) in [5, 5.41) is 0. The summed E-state index contributed by atoms with van der Waals surface area (Å²) in [6.45, 7) is 8.90. The summed E-state index contributed by atoms with van der Waals surface area (Å²) in [6, 6.07) is 18.0. The number of rotatable bonds is 4. The Morgan fingerprint density at radius 1 is 0.821 bits per heavy atom. The third-order valence-corrected chi connectivity index (χ3v) is 5.39. The van der Waals surface area contributed by atoms with Crippen LogP contribution in [0, 0.1) is 0 Å². The van der Waals surface area contributed by atoms with Crippen LogP contribution in [0.4, 0.5) is 0 Å². The molecular formula is C24H30N2O2. The topological polar surface area (TPSA) is 40.6 Å². The first-order valence-electron chi connectivity index (χ1n) is 10.1. The lowest BCUT2D eigenvalue weighted by Crippen LogP contribution is -2.50. The van der Waals surface area contributed by atoms with Gasteiger partial charge in [0, 0.05) is 38.2 Å². The van der Waals surface area contributed by atoms with E-state index in [-0.39, 0.29) is 17.2 Å². The maximum atomic E-state index is 12.8. The van der Waals surface area contributed by atoms with E-state index in [4.69, 9.17) is 0 Å². The zero-order valence-corrected chi connectivity index (χ0v) is 17.1. The van der Waals surface area contributed by atoms with E-state index in [1.54, 1.807) is 0 Å². The number of nitrogens with zero attached hydrogens (tertiary/aromatic N) is 2. The van der Waals surface area contributed by atoms with Gasteiger partial charge in [0.15, 0.2) is 0 Å². The molecule has 0 unspecified atom stereocenters. The molecule has 4 heteroatoms. The Hall–Kier alpha value is -2.62. The van der Waals surface area contributed by atoms with Crippen molar-refractivity contribution in [2.75, 3.05) is 26.2 Å². The number of amides is 2. The van der Waals surface area contributed by atoms with Crippen molar-refractivity contribution in [1.29, 1.82) is 0 Å². The summed E-state index contributed by atoms with van der Waals surface area (Å²) < 4.78 is 0. The number of carbonyl (C=O) groups is 2. The summed E-state index contributed by atoms with van der Waals surface area (Å²) in [5.74, 6) is 0.224. The Bertz CT molecular complexity index is 799. The zero-order chi connectivity index (χ0) is 20.1. The van der Waals surface area contributed by atoms with Crippen LogP contribution in [0.1, 0.15) is 48.7 Å². The highest BCUT2D eigenvalue weighted by Gasteiger charge is 2.25. The lowest BCUT2D eigenvalue weighted by molar-refractivity contribution is -0.132. The van der Waals surface area contributed by atoms with Gasteiger partial charge in [-0.3, -0.25) is 9.59 Å². The fourth-order valence-corrected chi connectivity index (χ4v) is 3.51. The summed E-state index contributed by atoms with van der Waals surface area (Å²) in [5.41, 5.74) is 3.20. The van der Waals surface area contributed by atoms with E-state index in [0.717, 1.165) is 12.0 Å². The molecule has 1 saturated heterocycles. The van der Waals surface area contributed by atoms with Gasteiger partial charge in [-0.15, -0.1) is 0 Å². The van der Waals surface area contributed by atoms with Gasteiger partial charge in [-0.1, -0.05) is 63.2 Å². The van der Waals surface area contributed by atoms with Crippen LogP contribution >= 0.6 is 0 Å². The second-order valence-electron chi connectivity index (χ2n) is 8.49. The molecule has 2 aromatic rings. The third kappa shape index (κ3) is 5.00. The largest absolute Gasteiger partial charge is 0.339 e. The second kappa shape index (κ2) is 8.59. The highest BCUT2D eigenvalue weighted by molar-refractivity contribution is 5.94. The van der Waals surface area contributed by atoms with E-state index in [1.165, 1.54) is 11.1 Å². The number of aryl methyl sites for hydroxylation is 1. The van der Waals surface area contributed by atoms with Crippen molar-refractivity contribution in [3.63, 3.8) is 0 Å². The average Bonchev–Trinajstić information content (AvgIpc) is 2.72. The molecule has 1 fully saturated rings. The van der Waals surface area contributed by atoms with Gasteiger partial charge in [0.25, 0.3) is 5.91 Å². The van der Waals surface area contributed by atoms with Crippen LogP contribution < -0.4 is 0 Å². The maximum Gasteiger partial charge on any atom is 0.253 e. The minimum atomic E-state index is 0.0526. The van der Waals surface area contributed by atoms with Gasteiger partial charge in [-0.05, 0) is 35.1 Å². The molecule has 148 valence electrons. The molecule has 1 heterocycles. The maximum absolute atomic E-state index is 12.8. The van der Waals surface area contributed by atoms with E-state index in [0.29, 0.717) is 32.6 Å². The number of hydrogen-bond donors (Lipinski definition) is 0. The average molecular weight is 379 g/mol. The van der Waals surface area contributed by atoms with E-state index in [2.05, 4.69) is 32.9 Å². The van der Waals surface area contributed by atoms with E-state index in [9.17, 15) is 9.59 Å². The normalized spacial score (nSPS) is 14.8. The van der Waals surface area contributed by atoms with E-state index in [1.807, 2.05) is 52.3 Å². The molecule has 0 atom stereocenters. The van der Waals surface area contributed by atoms with Gasteiger partial charge in [-0.2, -0.15) is 0 Å².